The van der Waals surface area contributed by atoms with Gasteiger partial charge in [-0.05, 0) is 60.9 Å². The van der Waals surface area contributed by atoms with E-state index in [1.165, 1.54) is 24.0 Å². The topological polar surface area (TPSA) is 45.4 Å². The maximum atomic E-state index is 11.4. The fourth-order valence-electron chi connectivity index (χ4n) is 4.12. The molecular formula is C25H27NO3. The summed E-state index contributed by atoms with van der Waals surface area (Å²) in [6.07, 6.45) is 8.86. The van der Waals surface area contributed by atoms with Crippen LogP contribution in [0.25, 0.3) is 0 Å². The summed E-state index contributed by atoms with van der Waals surface area (Å²) in [6, 6.07) is 20.5. The van der Waals surface area contributed by atoms with Crippen LogP contribution in [0.3, 0.4) is 0 Å². The molecular weight excluding hydrogens is 362 g/mol. The van der Waals surface area contributed by atoms with E-state index in [0.29, 0.717) is 0 Å². The van der Waals surface area contributed by atoms with Crippen molar-refractivity contribution in [3.05, 3.63) is 95.0 Å². The molecule has 4 heteroatoms. The molecule has 2 aromatic carbocycles. The van der Waals surface area contributed by atoms with Gasteiger partial charge in [0.15, 0.2) is 23.9 Å². The number of aromatic nitrogens is 1. The Hall–Kier alpha value is -3.01. The van der Waals surface area contributed by atoms with E-state index in [9.17, 15) is 5.21 Å². The zero-order valence-corrected chi connectivity index (χ0v) is 16.8. The van der Waals surface area contributed by atoms with Crippen molar-refractivity contribution in [2.24, 2.45) is 0 Å². The summed E-state index contributed by atoms with van der Waals surface area (Å²) in [6.45, 7) is 0. The van der Waals surface area contributed by atoms with E-state index >= 15 is 0 Å². The van der Waals surface area contributed by atoms with E-state index < -0.39 is 0 Å². The van der Waals surface area contributed by atoms with Gasteiger partial charge in [-0.3, -0.25) is 0 Å². The first-order chi connectivity index (χ1) is 14.2. The minimum Gasteiger partial charge on any atom is -0.619 e. The third kappa shape index (κ3) is 4.70. The molecule has 4 nitrogen and oxygen atoms in total. The smallest absolute Gasteiger partial charge is 0.180 e. The molecule has 1 aliphatic rings. The van der Waals surface area contributed by atoms with Gasteiger partial charge < -0.3 is 14.7 Å². The summed E-state index contributed by atoms with van der Waals surface area (Å²) in [5, 5.41) is 11.4. The van der Waals surface area contributed by atoms with Crippen LogP contribution >= 0.6 is 0 Å². The lowest BCUT2D eigenvalue weighted by molar-refractivity contribution is -0.605. The molecule has 1 unspecified atom stereocenters. The maximum absolute atomic E-state index is 11.4. The number of methoxy groups -OCH3 is 1. The highest BCUT2D eigenvalue weighted by Gasteiger charge is 2.21. The minimum absolute atomic E-state index is 0.163. The van der Waals surface area contributed by atoms with E-state index in [1.807, 2.05) is 24.3 Å². The molecule has 1 atom stereocenters. The van der Waals surface area contributed by atoms with Crippen LogP contribution in [0.5, 0.6) is 11.5 Å². The van der Waals surface area contributed by atoms with E-state index in [0.717, 1.165) is 41.1 Å². The van der Waals surface area contributed by atoms with Gasteiger partial charge in [-0.15, -0.1) is 0 Å². The number of hydrogen-bond acceptors (Lipinski definition) is 3. The molecule has 0 bridgehead atoms. The molecule has 0 amide bonds. The minimum atomic E-state index is 0.163. The molecule has 3 aromatic rings. The zero-order valence-electron chi connectivity index (χ0n) is 16.8. The molecule has 1 saturated carbocycles. The Bertz CT molecular complexity index is 919. The molecule has 150 valence electrons. The van der Waals surface area contributed by atoms with Crippen molar-refractivity contribution in [3.63, 3.8) is 0 Å². The van der Waals surface area contributed by atoms with Crippen molar-refractivity contribution in [2.45, 2.75) is 44.1 Å². The van der Waals surface area contributed by atoms with Crippen LogP contribution in [-0.2, 0) is 6.42 Å². The number of nitrogens with zero attached hydrogens (tertiary/aromatic N) is 1. The van der Waals surface area contributed by atoms with Gasteiger partial charge in [0.05, 0.1) is 13.2 Å². The van der Waals surface area contributed by atoms with Crippen LogP contribution in [-0.4, -0.2) is 13.2 Å². The normalized spacial score (nSPS) is 15.2. The van der Waals surface area contributed by atoms with Crippen molar-refractivity contribution >= 4 is 0 Å². The van der Waals surface area contributed by atoms with Gasteiger partial charge in [0.2, 0.25) is 0 Å². The van der Waals surface area contributed by atoms with Gasteiger partial charge in [-0.2, -0.15) is 4.73 Å². The summed E-state index contributed by atoms with van der Waals surface area (Å²) >= 11 is 0. The third-order valence-corrected chi connectivity index (χ3v) is 5.70. The van der Waals surface area contributed by atoms with Gasteiger partial charge in [-0.1, -0.05) is 36.4 Å². The Kier molecular flexibility index (Phi) is 5.99. The molecule has 0 radical (unpaired) electrons. The van der Waals surface area contributed by atoms with Crippen molar-refractivity contribution in [1.82, 2.24) is 0 Å². The standard InChI is InChI=1S/C25H27NO3/c1-28-24-12-11-21(18-25(24)29-22-9-5-6-10-22)23(20-7-3-2-4-8-20)17-19-13-15-26(27)16-14-19/h2-4,7-8,11-16,18,22-23H,5-6,9-10,17H2,1H3. The van der Waals surface area contributed by atoms with Gasteiger partial charge >= 0.3 is 0 Å². The highest BCUT2D eigenvalue weighted by Crippen LogP contribution is 2.37. The fraction of sp³-hybridized carbons (Fsp3) is 0.320. The lowest BCUT2D eigenvalue weighted by Crippen LogP contribution is -2.24. The van der Waals surface area contributed by atoms with Crippen molar-refractivity contribution < 1.29 is 14.2 Å². The first-order valence-corrected chi connectivity index (χ1v) is 10.3. The van der Waals surface area contributed by atoms with Crippen molar-refractivity contribution in [3.8, 4) is 11.5 Å². The molecule has 0 aliphatic heterocycles. The van der Waals surface area contributed by atoms with Crippen molar-refractivity contribution in [2.75, 3.05) is 7.11 Å². The SMILES string of the molecule is COc1ccc(C(Cc2cc[n+]([O-])cc2)c2ccccc2)cc1OC1CCCC1. The monoisotopic (exact) mass is 389 g/mol. The summed E-state index contributed by atoms with van der Waals surface area (Å²) in [7, 11) is 1.69. The van der Waals surface area contributed by atoms with Crippen LogP contribution in [0.1, 0.15) is 48.3 Å². The van der Waals surface area contributed by atoms with Crippen LogP contribution in [0.15, 0.2) is 73.1 Å². The zero-order chi connectivity index (χ0) is 20.1. The highest BCUT2D eigenvalue weighted by molar-refractivity contribution is 5.47. The Morgan fingerprint density at radius 2 is 1.66 bits per heavy atom. The second kappa shape index (κ2) is 8.99. The van der Waals surface area contributed by atoms with Gasteiger partial charge in [0.25, 0.3) is 0 Å². The van der Waals surface area contributed by atoms with E-state index in [1.54, 1.807) is 19.5 Å². The second-order valence-corrected chi connectivity index (χ2v) is 7.67. The number of hydrogen-bond donors (Lipinski definition) is 0. The predicted molar refractivity (Wildman–Crippen MR) is 113 cm³/mol. The molecule has 4 rings (SSSR count). The van der Waals surface area contributed by atoms with E-state index in [-0.39, 0.29) is 12.0 Å². The maximum Gasteiger partial charge on any atom is 0.180 e. The first-order valence-electron chi connectivity index (χ1n) is 10.3. The lowest BCUT2D eigenvalue weighted by atomic mass is 9.86. The first kappa shape index (κ1) is 19.3. The summed E-state index contributed by atoms with van der Waals surface area (Å²) in [5.74, 6) is 1.76. The molecule has 1 heterocycles. The Balaban J connectivity index is 1.68. The number of pyridine rings is 1. The Morgan fingerprint density at radius 1 is 0.931 bits per heavy atom. The summed E-state index contributed by atoms with van der Waals surface area (Å²) in [4.78, 5) is 0. The number of benzene rings is 2. The molecule has 0 saturated heterocycles. The van der Waals surface area contributed by atoms with Gasteiger partial charge in [0.1, 0.15) is 0 Å². The van der Waals surface area contributed by atoms with E-state index in [2.05, 4.69) is 36.4 Å². The molecule has 29 heavy (non-hydrogen) atoms. The van der Waals surface area contributed by atoms with Crippen LogP contribution in [0.2, 0.25) is 0 Å². The predicted octanol–water partition coefficient (Wildman–Crippen LogP) is 5.02. The number of ether oxygens (including phenoxy) is 2. The largest absolute Gasteiger partial charge is 0.619 e. The van der Waals surface area contributed by atoms with Crippen LogP contribution in [0.4, 0.5) is 0 Å². The second-order valence-electron chi connectivity index (χ2n) is 7.67. The quantitative estimate of drug-likeness (QED) is 0.421. The third-order valence-electron chi connectivity index (χ3n) is 5.70. The molecule has 1 aliphatic carbocycles. The highest BCUT2D eigenvalue weighted by atomic mass is 16.5. The summed E-state index contributed by atoms with van der Waals surface area (Å²) < 4.78 is 12.7. The lowest BCUT2D eigenvalue weighted by Gasteiger charge is -2.21. The average molecular weight is 389 g/mol. The van der Waals surface area contributed by atoms with Gasteiger partial charge in [-0.25, -0.2) is 0 Å². The molecule has 0 N–H and O–H groups in total. The fourth-order valence-corrected chi connectivity index (χ4v) is 4.12. The van der Waals surface area contributed by atoms with Crippen LogP contribution < -0.4 is 14.2 Å². The molecule has 0 spiro atoms. The van der Waals surface area contributed by atoms with Gasteiger partial charge in [0, 0.05) is 18.1 Å². The molecule has 1 fully saturated rings. The van der Waals surface area contributed by atoms with Crippen molar-refractivity contribution in [1.29, 1.82) is 0 Å². The van der Waals surface area contributed by atoms with Crippen LogP contribution in [0, 0.1) is 5.21 Å². The Morgan fingerprint density at radius 3 is 2.34 bits per heavy atom. The average Bonchev–Trinajstić information content (AvgIpc) is 3.27. The number of rotatable bonds is 7. The Labute approximate surface area is 172 Å². The summed E-state index contributed by atoms with van der Waals surface area (Å²) in [5.41, 5.74) is 3.55. The molecule has 1 aromatic heterocycles. The van der Waals surface area contributed by atoms with E-state index in [4.69, 9.17) is 9.47 Å².